The lowest BCUT2D eigenvalue weighted by atomic mass is 10.2. The zero-order chi connectivity index (χ0) is 15.8. The summed E-state index contributed by atoms with van der Waals surface area (Å²) in [6.07, 6.45) is -4.80. The Morgan fingerprint density at radius 3 is 2.57 bits per heavy atom. The van der Waals surface area contributed by atoms with Gasteiger partial charge in [-0.3, -0.25) is 4.79 Å². The number of nitrogens with one attached hydrogen (secondary N) is 1. The van der Waals surface area contributed by atoms with Crippen molar-refractivity contribution < 1.29 is 27.9 Å². The fraction of sp³-hybridized carbons (Fsp3) is 0.250. The van der Waals surface area contributed by atoms with Crippen LogP contribution in [0, 0.1) is 0 Å². The van der Waals surface area contributed by atoms with Crippen LogP contribution in [0.15, 0.2) is 18.2 Å². The molecule has 0 aliphatic carbocycles. The lowest BCUT2D eigenvalue weighted by Crippen LogP contribution is -2.26. The molecular formula is C12H10F3N3O3. The van der Waals surface area contributed by atoms with E-state index in [1.165, 1.54) is 19.2 Å². The van der Waals surface area contributed by atoms with Crippen LogP contribution in [0.1, 0.15) is 16.2 Å². The van der Waals surface area contributed by atoms with Crippen LogP contribution in [0.4, 0.5) is 13.2 Å². The Hall–Kier alpha value is -2.58. The summed E-state index contributed by atoms with van der Waals surface area (Å²) in [5.41, 5.74) is -0.722. The van der Waals surface area contributed by atoms with Crippen molar-refractivity contribution in [2.45, 2.75) is 12.7 Å². The number of carbonyl (C=O) groups excluding carboxylic acids is 1. The topological polar surface area (TPSA) is 84.2 Å². The average Bonchev–Trinajstić information content (AvgIpc) is 2.77. The quantitative estimate of drug-likeness (QED) is 0.900. The van der Waals surface area contributed by atoms with Gasteiger partial charge in [0, 0.05) is 7.05 Å². The van der Waals surface area contributed by atoms with E-state index in [1.807, 2.05) is 0 Å². The van der Waals surface area contributed by atoms with Crippen LogP contribution in [-0.4, -0.2) is 33.6 Å². The second-order valence-electron chi connectivity index (χ2n) is 4.17. The summed E-state index contributed by atoms with van der Waals surface area (Å²) in [7, 11) is 1.29. The zero-order valence-corrected chi connectivity index (χ0v) is 10.7. The van der Waals surface area contributed by atoms with Crippen molar-refractivity contribution in [1.82, 2.24) is 14.9 Å². The van der Waals surface area contributed by atoms with E-state index in [1.54, 1.807) is 0 Å². The number of nitrogens with zero attached hydrogens (tertiary/aromatic N) is 2. The van der Waals surface area contributed by atoms with Gasteiger partial charge in [-0.2, -0.15) is 13.2 Å². The van der Waals surface area contributed by atoms with Crippen molar-refractivity contribution in [3.05, 3.63) is 29.6 Å². The zero-order valence-electron chi connectivity index (χ0n) is 10.7. The molecule has 2 N–H and O–H groups in total. The van der Waals surface area contributed by atoms with Crippen LogP contribution in [0.3, 0.4) is 0 Å². The first-order valence-corrected chi connectivity index (χ1v) is 5.76. The maximum Gasteiger partial charge on any atom is 0.449 e. The minimum absolute atomic E-state index is 0.0641. The SMILES string of the molecule is CNC(=O)Cn1c(C(F)(F)F)nc2c(C(=O)O)cccc21. The summed E-state index contributed by atoms with van der Waals surface area (Å²) in [6, 6.07) is 3.74. The van der Waals surface area contributed by atoms with Crippen LogP contribution in [-0.2, 0) is 17.5 Å². The van der Waals surface area contributed by atoms with Gasteiger partial charge in [0.25, 0.3) is 0 Å². The highest BCUT2D eigenvalue weighted by atomic mass is 19.4. The van der Waals surface area contributed by atoms with Crippen molar-refractivity contribution in [1.29, 1.82) is 0 Å². The number of halogens is 3. The highest BCUT2D eigenvalue weighted by Crippen LogP contribution is 2.32. The maximum atomic E-state index is 13.0. The van der Waals surface area contributed by atoms with E-state index in [4.69, 9.17) is 5.11 Å². The summed E-state index contributed by atoms with van der Waals surface area (Å²) in [4.78, 5) is 25.8. The highest BCUT2D eigenvalue weighted by Gasteiger charge is 2.38. The van der Waals surface area contributed by atoms with E-state index in [2.05, 4.69) is 10.3 Å². The number of aromatic nitrogens is 2. The number of fused-ring (bicyclic) bond motifs is 1. The van der Waals surface area contributed by atoms with Gasteiger partial charge in [0.05, 0.1) is 11.1 Å². The summed E-state index contributed by atoms with van der Waals surface area (Å²) in [5, 5.41) is 11.2. The summed E-state index contributed by atoms with van der Waals surface area (Å²) in [5.74, 6) is -3.35. The lowest BCUT2D eigenvalue weighted by molar-refractivity contribution is -0.147. The molecule has 0 aliphatic heterocycles. The van der Waals surface area contributed by atoms with Crippen LogP contribution in [0.2, 0.25) is 0 Å². The minimum Gasteiger partial charge on any atom is -0.478 e. The molecule has 1 heterocycles. The number of alkyl halides is 3. The number of para-hydroxylation sites is 1. The first kappa shape index (κ1) is 14.8. The Morgan fingerprint density at radius 2 is 2.05 bits per heavy atom. The molecule has 0 saturated heterocycles. The second kappa shape index (κ2) is 5.08. The molecule has 0 fully saturated rings. The number of carbonyl (C=O) groups is 2. The van der Waals surface area contributed by atoms with Gasteiger partial charge < -0.3 is 15.0 Å². The van der Waals surface area contributed by atoms with Gasteiger partial charge in [-0.1, -0.05) is 6.07 Å². The number of hydrogen-bond acceptors (Lipinski definition) is 3. The van der Waals surface area contributed by atoms with E-state index in [9.17, 15) is 22.8 Å². The first-order valence-electron chi connectivity index (χ1n) is 5.76. The molecule has 1 amide bonds. The number of amides is 1. The third kappa shape index (κ3) is 2.67. The average molecular weight is 301 g/mol. The molecule has 2 rings (SSSR count). The lowest BCUT2D eigenvalue weighted by Gasteiger charge is -2.10. The number of carboxylic acid groups (broad SMARTS) is 1. The normalized spacial score (nSPS) is 11.6. The predicted octanol–water partition coefficient (Wildman–Crippen LogP) is 1.50. The number of likely N-dealkylation sites (N-methyl/N-ethyl adjacent to an activating group) is 1. The molecule has 1 aromatic heterocycles. The molecule has 6 nitrogen and oxygen atoms in total. The van der Waals surface area contributed by atoms with Crippen molar-refractivity contribution in [3.8, 4) is 0 Å². The van der Waals surface area contributed by atoms with E-state index >= 15 is 0 Å². The van der Waals surface area contributed by atoms with E-state index in [-0.39, 0.29) is 16.6 Å². The number of hydrogen-bond donors (Lipinski definition) is 2. The largest absolute Gasteiger partial charge is 0.478 e. The molecule has 9 heteroatoms. The monoisotopic (exact) mass is 301 g/mol. The summed E-state index contributed by atoms with van der Waals surface area (Å²) >= 11 is 0. The summed E-state index contributed by atoms with van der Waals surface area (Å²) < 4.78 is 39.7. The number of rotatable bonds is 3. The Kier molecular flexibility index (Phi) is 3.58. The molecule has 1 aromatic carbocycles. The molecule has 0 unspecified atom stereocenters. The van der Waals surface area contributed by atoms with Gasteiger partial charge in [-0.05, 0) is 12.1 Å². The minimum atomic E-state index is -4.80. The number of benzene rings is 1. The second-order valence-corrected chi connectivity index (χ2v) is 4.17. The Labute approximate surface area is 116 Å². The van der Waals surface area contributed by atoms with Gasteiger partial charge >= 0.3 is 12.1 Å². The molecule has 0 spiro atoms. The fourth-order valence-electron chi connectivity index (χ4n) is 1.92. The van der Waals surface area contributed by atoms with Crippen molar-refractivity contribution in [2.75, 3.05) is 7.05 Å². The van der Waals surface area contributed by atoms with Gasteiger partial charge in [0.15, 0.2) is 0 Å². The van der Waals surface area contributed by atoms with Gasteiger partial charge in [-0.15, -0.1) is 0 Å². The first-order chi connectivity index (χ1) is 9.75. The molecule has 21 heavy (non-hydrogen) atoms. The Balaban J connectivity index is 2.76. The number of carboxylic acids is 1. The maximum absolute atomic E-state index is 13.0. The van der Waals surface area contributed by atoms with Crippen LogP contribution in [0.5, 0.6) is 0 Å². The predicted molar refractivity (Wildman–Crippen MR) is 65.8 cm³/mol. The van der Waals surface area contributed by atoms with Crippen LogP contribution >= 0.6 is 0 Å². The van der Waals surface area contributed by atoms with Gasteiger partial charge in [0.1, 0.15) is 12.1 Å². The highest BCUT2D eigenvalue weighted by molar-refractivity contribution is 6.01. The van der Waals surface area contributed by atoms with Crippen LogP contribution < -0.4 is 5.32 Å². The smallest absolute Gasteiger partial charge is 0.449 e. The molecular weight excluding hydrogens is 291 g/mol. The van der Waals surface area contributed by atoms with Gasteiger partial charge in [0.2, 0.25) is 11.7 Å². The van der Waals surface area contributed by atoms with Crippen molar-refractivity contribution >= 4 is 22.9 Å². The van der Waals surface area contributed by atoms with Crippen molar-refractivity contribution in [3.63, 3.8) is 0 Å². The Morgan fingerprint density at radius 1 is 1.38 bits per heavy atom. The summed E-state index contributed by atoms with van der Waals surface area (Å²) in [6.45, 7) is -0.606. The molecule has 112 valence electrons. The molecule has 0 bridgehead atoms. The number of aromatic carboxylic acids is 1. The van der Waals surface area contributed by atoms with Crippen LogP contribution in [0.25, 0.3) is 11.0 Å². The standard InChI is InChI=1S/C12H10F3N3O3/c1-16-8(19)5-18-7-4-2-3-6(10(20)21)9(7)17-11(18)12(13,14)15/h2-4H,5H2,1H3,(H,16,19)(H,20,21). The van der Waals surface area contributed by atoms with Crippen molar-refractivity contribution in [2.24, 2.45) is 0 Å². The third-order valence-corrected chi connectivity index (χ3v) is 2.84. The van der Waals surface area contributed by atoms with E-state index in [0.717, 1.165) is 6.07 Å². The Bertz CT molecular complexity index is 722. The van der Waals surface area contributed by atoms with E-state index in [0.29, 0.717) is 4.57 Å². The molecule has 0 radical (unpaired) electrons. The molecule has 0 atom stereocenters. The van der Waals surface area contributed by atoms with Gasteiger partial charge in [-0.25, -0.2) is 9.78 Å². The molecule has 0 saturated carbocycles. The third-order valence-electron chi connectivity index (χ3n) is 2.84. The van der Waals surface area contributed by atoms with E-state index < -0.39 is 30.4 Å². The molecule has 2 aromatic rings. The molecule has 0 aliphatic rings. The number of imidazole rings is 1. The fourth-order valence-corrected chi connectivity index (χ4v) is 1.92.